The van der Waals surface area contributed by atoms with E-state index in [0.29, 0.717) is 11.3 Å². The number of rotatable bonds is 2. The molecule has 1 unspecified atom stereocenters. The van der Waals surface area contributed by atoms with Crippen LogP contribution in [-0.2, 0) is 22.9 Å². The predicted molar refractivity (Wildman–Crippen MR) is 94.0 cm³/mol. The number of carbonyl (C=O) groups is 1. The predicted octanol–water partition coefficient (Wildman–Crippen LogP) is 4.80. The quantitative estimate of drug-likeness (QED) is 0.559. The molecule has 30 heavy (non-hydrogen) atoms. The van der Waals surface area contributed by atoms with Crippen molar-refractivity contribution in [3.05, 3.63) is 82.8 Å². The largest absolute Gasteiger partial charge is 0.491 e. The highest BCUT2D eigenvalue weighted by Crippen LogP contribution is 2.53. The Kier molecular flexibility index (Phi) is 3.77. The van der Waals surface area contributed by atoms with Crippen LogP contribution in [0.3, 0.4) is 0 Å². The summed E-state index contributed by atoms with van der Waals surface area (Å²) in [6.45, 7) is -0.434. The van der Waals surface area contributed by atoms with Crippen molar-refractivity contribution < 1.29 is 35.9 Å². The second kappa shape index (κ2) is 6.07. The van der Waals surface area contributed by atoms with E-state index in [2.05, 4.69) is 0 Å². The van der Waals surface area contributed by atoms with Crippen LogP contribution in [0.4, 0.5) is 27.6 Å². The summed E-state index contributed by atoms with van der Waals surface area (Å²) in [5.41, 5.74) is -0.298. The Bertz CT molecular complexity index is 1190. The highest BCUT2D eigenvalue weighted by atomic mass is 19.4. The van der Waals surface area contributed by atoms with E-state index in [0.717, 1.165) is 24.3 Å². The molecule has 5 rings (SSSR count). The molecular formula is C21H12F5NO3. The molecule has 1 amide bonds. The van der Waals surface area contributed by atoms with Crippen LogP contribution < -0.4 is 9.64 Å². The molecule has 2 aliphatic heterocycles. The monoisotopic (exact) mass is 421 g/mol. The Morgan fingerprint density at radius 2 is 1.73 bits per heavy atom. The Labute approximate surface area is 166 Å². The van der Waals surface area contributed by atoms with Crippen LogP contribution in [0, 0.1) is 11.6 Å². The van der Waals surface area contributed by atoms with Crippen LogP contribution in [0.25, 0.3) is 0 Å². The van der Waals surface area contributed by atoms with Gasteiger partial charge in [0.15, 0.2) is 11.6 Å². The topological polar surface area (TPSA) is 42.7 Å². The third kappa shape index (κ3) is 2.47. The van der Waals surface area contributed by atoms with Crippen molar-refractivity contribution in [2.45, 2.75) is 18.1 Å². The van der Waals surface area contributed by atoms with Crippen molar-refractivity contribution >= 4 is 11.6 Å². The standard InChI is InChI=1S/C21H12F5NO3/c22-14-7-13-17(8-15(14)23)29-10-20(13)12-3-1-2-4-16(12)27(19(20)28)9-11-5-6-18(30-11)21(24,25)26/h1-8H,9-10H2. The molecule has 0 bridgehead atoms. The number of benzene rings is 2. The highest BCUT2D eigenvalue weighted by molar-refractivity contribution is 6.11. The van der Waals surface area contributed by atoms with Crippen molar-refractivity contribution in [2.24, 2.45) is 0 Å². The first-order valence-corrected chi connectivity index (χ1v) is 8.91. The van der Waals surface area contributed by atoms with Crippen LogP contribution in [0.1, 0.15) is 22.6 Å². The maximum Gasteiger partial charge on any atom is 0.449 e. The van der Waals surface area contributed by atoms with Crippen LogP contribution in [0.2, 0.25) is 0 Å². The van der Waals surface area contributed by atoms with Gasteiger partial charge in [-0.1, -0.05) is 18.2 Å². The lowest BCUT2D eigenvalue weighted by molar-refractivity contribution is -0.153. The number of hydrogen-bond acceptors (Lipinski definition) is 3. The number of furan rings is 1. The lowest BCUT2D eigenvalue weighted by Crippen LogP contribution is -2.42. The summed E-state index contributed by atoms with van der Waals surface area (Å²) in [7, 11) is 0. The molecule has 2 aromatic carbocycles. The van der Waals surface area contributed by atoms with Gasteiger partial charge in [-0.3, -0.25) is 4.79 Å². The van der Waals surface area contributed by atoms with Crippen LogP contribution >= 0.6 is 0 Å². The third-order valence-corrected chi connectivity index (χ3v) is 5.45. The first kappa shape index (κ1) is 18.7. The molecule has 3 heterocycles. The van der Waals surface area contributed by atoms with Gasteiger partial charge in [0, 0.05) is 17.3 Å². The maximum absolute atomic E-state index is 14.0. The molecule has 4 nitrogen and oxygen atoms in total. The van der Waals surface area contributed by atoms with Crippen LogP contribution in [-0.4, -0.2) is 12.5 Å². The number of hydrogen-bond donors (Lipinski definition) is 0. The molecule has 2 aliphatic rings. The first-order chi connectivity index (χ1) is 14.2. The molecule has 0 saturated carbocycles. The number of ether oxygens (including phenoxy) is 1. The van der Waals surface area contributed by atoms with Gasteiger partial charge in [0.05, 0.1) is 6.54 Å². The van der Waals surface area contributed by atoms with Crippen molar-refractivity contribution in [1.29, 1.82) is 0 Å². The fourth-order valence-corrected chi connectivity index (χ4v) is 4.10. The Hall–Kier alpha value is -3.36. The summed E-state index contributed by atoms with van der Waals surface area (Å²) < 4.78 is 76.6. The zero-order chi connectivity index (χ0) is 21.3. The molecule has 3 aromatic rings. The summed E-state index contributed by atoms with van der Waals surface area (Å²) in [6, 6.07) is 10.4. The SMILES string of the molecule is O=C1N(Cc2ccc(C(F)(F)F)o2)c2ccccc2C12COc1cc(F)c(F)cc12. The molecule has 1 aromatic heterocycles. The number of alkyl halides is 3. The van der Waals surface area contributed by atoms with Crippen molar-refractivity contribution in [2.75, 3.05) is 11.5 Å². The summed E-state index contributed by atoms with van der Waals surface area (Å²) in [5.74, 6) is -3.92. The second-order valence-electron chi connectivity index (χ2n) is 7.13. The summed E-state index contributed by atoms with van der Waals surface area (Å²) in [5, 5.41) is 0. The minimum atomic E-state index is -4.65. The first-order valence-electron chi connectivity index (χ1n) is 8.91. The van der Waals surface area contributed by atoms with Gasteiger partial charge in [0.25, 0.3) is 0 Å². The molecule has 154 valence electrons. The molecule has 0 aliphatic carbocycles. The number of carbonyl (C=O) groups excluding carboxylic acids is 1. The summed E-state index contributed by atoms with van der Waals surface area (Å²) in [6.07, 6.45) is -4.65. The van der Waals surface area contributed by atoms with E-state index in [9.17, 15) is 26.7 Å². The van der Waals surface area contributed by atoms with Gasteiger partial charge in [-0.25, -0.2) is 8.78 Å². The summed E-state index contributed by atoms with van der Waals surface area (Å²) in [4.78, 5) is 14.8. The van der Waals surface area contributed by atoms with Crippen LogP contribution in [0.15, 0.2) is 52.9 Å². The molecule has 0 radical (unpaired) electrons. The number of halogens is 5. The number of amides is 1. The molecule has 1 spiro atoms. The molecule has 0 saturated heterocycles. The van der Waals surface area contributed by atoms with E-state index in [4.69, 9.17) is 9.15 Å². The van der Waals surface area contributed by atoms with Gasteiger partial charge < -0.3 is 14.1 Å². The van der Waals surface area contributed by atoms with Crippen molar-refractivity contribution in [3.8, 4) is 5.75 Å². The second-order valence-corrected chi connectivity index (χ2v) is 7.13. The highest BCUT2D eigenvalue weighted by Gasteiger charge is 2.57. The van der Waals surface area contributed by atoms with E-state index < -0.39 is 34.9 Å². The van der Waals surface area contributed by atoms with Gasteiger partial charge in [-0.15, -0.1) is 0 Å². The minimum Gasteiger partial charge on any atom is -0.491 e. The van der Waals surface area contributed by atoms with Gasteiger partial charge in [0.2, 0.25) is 11.7 Å². The third-order valence-electron chi connectivity index (χ3n) is 5.45. The number of para-hydroxylation sites is 1. The number of nitrogens with zero attached hydrogens (tertiary/aromatic N) is 1. The Morgan fingerprint density at radius 1 is 1.00 bits per heavy atom. The van der Waals surface area contributed by atoms with Gasteiger partial charge in [-0.2, -0.15) is 13.2 Å². The average molecular weight is 421 g/mol. The lowest BCUT2D eigenvalue weighted by atomic mass is 9.77. The van der Waals surface area contributed by atoms with Crippen molar-refractivity contribution in [1.82, 2.24) is 0 Å². The molecular weight excluding hydrogens is 409 g/mol. The zero-order valence-corrected chi connectivity index (χ0v) is 15.1. The van der Waals surface area contributed by atoms with E-state index in [-0.39, 0.29) is 30.2 Å². The molecule has 1 atom stereocenters. The molecule has 0 fully saturated rings. The van der Waals surface area contributed by atoms with Gasteiger partial charge >= 0.3 is 6.18 Å². The molecule has 9 heteroatoms. The number of anilines is 1. The van der Waals surface area contributed by atoms with Crippen LogP contribution in [0.5, 0.6) is 5.75 Å². The Balaban J connectivity index is 1.60. The smallest absolute Gasteiger partial charge is 0.449 e. The Morgan fingerprint density at radius 3 is 2.47 bits per heavy atom. The normalized spacial score (nSPS) is 19.9. The fraction of sp³-hybridized carbons (Fsp3) is 0.190. The van der Waals surface area contributed by atoms with E-state index in [1.807, 2.05) is 0 Å². The van der Waals surface area contributed by atoms with Gasteiger partial charge in [0.1, 0.15) is 23.5 Å². The van der Waals surface area contributed by atoms with E-state index >= 15 is 0 Å². The fourth-order valence-electron chi connectivity index (χ4n) is 4.10. The van der Waals surface area contributed by atoms with Crippen molar-refractivity contribution in [3.63, 3.8) is 0 Å². The molecule has 0 N–H and O–H groups in total. The average Bonchev–Trinajstić information content (AvgIpc) is 3.37. The van der Waals surface area contributed by atoms with E-state index in [1.165, 1.54) is 4.90 Å². The zero-order valence-electron chi connectivity index (χ0n) is 15.1. The number of fused-ring (bicyclic) bond motifs is 4. The van der Waals surface area contributed by atoms with Gasteiger partial charge in [-0.05, 0) is 29.8 Å². The lowest BCUT2D eigenvalue weighted by Gasteiger charge is -2.22. The minimum absolute atomic E-state index is 0.0521. The summed E-state index contributed by atoms with van der Waals surface area (Å²) >= 11 is 0. The maximum atomic E-state index is 14.0. The van der Waals surface area contributed by atoms with E-state index in [1.54, 1.807) is 24.3 Å².